The van der Waals surface area contributed by atoms with Crippen LogP contribution in [-0.2, 0) is 14.3 Å². The number of hydrogen-bond acceptors (Lipinski definition) is 6. The maximum absolute atomic E-state index is 12.8. The number of nitrogens with zero attached hydrogens (tertiary/aromatic N) is 2. The van der Waals surface area contributed by atoms with Gasteiger partial charge in [-0.2, -0.15) is 10.1 Å². The van der Waals surface area contributed by atoms with Crippen LogP contribution in [0.5, 0.6) is 0 Å². The molecule has 4 aliphatic rings. The highest BCUT2D eigenvalue weighted by atomic mass is 16.5. The number of amides is 2. The van der Waals surface area contributed by atoms with Gasteiger partial charge in [-0.1, -0.05) is 24.3 Å². The molecule has 1 aromatic heterocycles. The first-order chi connectivity index (χ1) is 14.6. The van der Waals surface area contributed by atoms with Crippen LogP contribution in [-0.4, -0.2) is 36.1 Å². The van der Waals surface area contributed by atoms with Gasteiger partial charge in [-0.25, -0.2) is 4.79 Å². The zero-order valence-corrected chi connectivity index (χ0v) is 16.4. The summed E-state index contributed by atoms with van der Waals surface area (Å²) in [5, 5.41) is 5.17. The fraction of sp³-hybridized carbons (Fsp3) is 0.304. The van der Waals surface area contributed by atoms with Gasteiger partial charge in [0, 0.05) is 5.56 Å². The molecule has 7 heteroatoms. The van der Waals surface area contributed by atoms with Crippen LogP contribution in [0, 0.1) is 23.7 Å². The molecule has 0 spiro atoms. The van der Waals surface area contributed by atoms with E-state index in [-0.39, 0.29) is 35.5 Å². The highest BCUT2D eigenvalue weighted by molar-refractivity contribution is 6.06. The van der Waals surface area contributed by atoms with Crippen molar-refractivity contribution in [1.82, 2.24) is 5.01 Å². The lowest BCUT2D eigenvalue weighted by molar-refractivity contribution is -0.140. The van der Waals surface area contributed by atoms with Crippen molar-refractivity contribution in [3.8, 4) is 11.3 Å². The van der Waals surface area contributed by atoms with Gasteiger partial charge in [0.25, 0.3) is 11.8 Å². The minimum Gasteiger partial charge on any atom is -0.465 e. The molecule has 152 valence electrons. The molecule has 4 atom stereocenters. The van der Waals surface area contributed by atoms with E-state index < -0.39 is 5.97 Å². The first-order valence-corrected chi connectivity index (χ1v) is 9.95. The van der Waals surface area contributed by atoms with Crippen molar-refractivity contribution in [1.29, 1.82) is 0 Å². The number of carbonyl (C=O) groups excluding carboxylic acids is 3. The molecule has 0 N–H and O–H groups in total. The number of rotatable bonds is 4. The molecule has 0 unspecified atom stereocenters. The molecule has 7 nitrogen and oxygen atoms in total. The lowest BCUT2D eigenvalue weighted by atomic mass is 9.63. The molecular weight excluding hydrogens is 384 g/mol. The molecule has 3 aliphatic carbocycles. The summed E-state index contributed by atoms with van der Waals surface area (Å²) in [6, 6.07) is 10.3. The van der Waals surface area contributed by atoms with E-state index in [1.165, 1.54) is 13.3 Å². The third-order valence-corrected chi connectivity index (χ3v) is 6.25. The summed E-state index contributed by atoms with van der Waals surface area (Å²) in [7, 11) is 1.33. The van der Waals surface area contributed by atoms with Gasteiger partial charge in [0.15, 0.2) is 0 Å². The number of hydrazone groups is 1. The molecule has 1 saturated carbocycles. The van der Waals surface area contributed by atoms with Crippen LogP contribution in [0.4, 0.5) is 0 Å². The molecule has 0 radical (unpaired) electrons. The van der Waals surface area contributed by atoms with Crippen LogP contribution >= 0.6 is 0 Å². The number of benzene rings is 1. The quantitative estimate of drug-likeness (QED) is 0.338. The van der Waals surface area contributed by atoms with Gasteiger partial charge in [0.2, 0.25) is 0 Å². The van der Waals surface area contributed by atoms with Crippen LogP contribution in [0.2, 0.25) is 0 Å². The second-order valence-electron chi connectivity index (χ2n) is 7.85. The fourth-order valence-electron chi connectivity index (χ4n) is 4.75. The van der Waals surface area contributed by atoms with Gasteiger partial charge in [-0.3, -0.25) is 9.59 Å². The number of hydrogen-bond donors (Lipinski definition) is 0. The molecule has 2 fully saturated rings. The van der Waals surface area contributed by atoms with Gasteiger partial charge in [0.05, 0.1) is 30.7 Å². The topological polar surface area (TPSA) is 89.2 Å². The summed E-state index contributed by atoms with van der Waals surface area (Å²) >= 11 is 0. The van der Waals surface area contributed by atoms with Gasteiger partial charge < -0.3 is 9.15 Å². The first-order valence-electron chi connectivity index (χ1n) is 9.95. The molecular formula is C23H20N2O5. The molecule has 2 bridgehead atoms. The van der Waals surface area contributed by atoms with Gasteiger partial charge in [0.1, 0.15) is 11.5 Å². The average Bonchev–Trinajstić information content (AvgIpc) is 3.37. The predicted molar refractivity (Wildman–Crippen MR) is 107 cm³/mol. The smallest absolute Gasteiger partial charge is 0.337 e. The zero-order chi connectivity index (χ0) is 20.8. The molecule has 2 heterocycles. The molecule has 1 saturated heterocycles. The van der Waals surface area contributed by atoms with E-state index in [9.17, 15) is 14.4 Å². The monoisotopic (exact) mass is 404 g/mol. The van der Waals surface area contributed by atoms with E-state index in [4.69, 9.17) is 9.15 Å². The standard InChI is InChI=1S/C23H20N2O5/c1-29-23(28)16-8-2-13(3-9-16)18-11-10-17(30-18)12-24-25-21(26)19-14-4-5-15(7-6-14)20(19)22(25)27/h2-5,8-12,14-15,19-20H,6-7H2,1H3/b24-12-/t14-,15-,19-,20-/m1/s1. The van der Waals surface area contributed by atoms with Gasteiger partial charge in [-0.05, 0) is 48.9 Å². The van der Waals surface area contributed by atoms with E-state index in [0.717, 1.165) is 23.4 Å². The fourth-order valence-corrected chi connectivity index (χ4v) is 4.75. The normalized spacial score (nSPS) is 27.2. The number of esters is 1. The summed E-state index contributed by atoms with van der Waals surface area (Å²) < 4.78 is 10.5. The van der Waals surface area contributed by atoms with E-state index in [0.29, 0.717) is 17.1 Å². The lowest BCUT2D eigenvalue weighted by Gasteiger charge is -2.37. The SMILES string of the molecule is COC(=O)c1ccc(-c2ccc(/C=N\N3C(=O)[C@H]4[C@H](C3=O)[C@@H]3C=C[C@@H]4CC3)o2)cc1. The molecule has 1 aliphatic heterocycles. The number of imide groups is 1. The van der Waals surface area contributed by atoms with Crippen molar-refractivity contribution in [2.45, 2.75) is 12.8 Å². The predicted octanol–water partition coefficient (Wildman–Crippen LogP) is 3.26. The van der Waals surface area contributed by atoms with Crippen molar-refractivity contribution in [2.75, 3.05) is 7.11 Å². The van der Waals surface area contributed by atoms with Crippen LogP contribution in [0.15, 0.2) is 58.1 Å². The maximum Gasteiger partial charge on any atom is 0.337 e. The number of fused-ring (bicyclic) bond motifs is 1. The van der Waals surface area contributed by atoms with Crippen molar-refractivity contribution < 1.29 is 23.5 Å². The summed E-state index contributed by atoms with van der Waals surface area (Å²) in [6.07, 6.45) is 7.47. The van der Waals surface area contributed by atoms with Crippen LogP contribution in [0.1, 0.15) is 29.0 Å². The Hall–Kier alpha value is -3.48. The van der Waals surface area contributed by atoms with Crippen LogP contribution < -0.4 is 0 Å². The van der Waals surface area contributed by atoms with E-state index >= 15 is 0 Å². The highest BCUT2D eigenvalue weighted by Crippen LogP contribution is 2.49. The Balaban J connectivity index is 1.33. The summed E-state index contributed by atoms with van der Waals surface area (Å²) in [5.74, 6) is -0.104. The summed E-state index contributed by atoms with van der Waals surface area (Å²) in [6.45, 7) is 0. The van der Waals surface area contributed by atoms with E-state index in [1.54, 1.807) is 36.4 Å². The van der Waals surface area contributed by atoms with Crippen molar-refractivity contribution in [2.24, 2.45) is 28.8 Å². The minimum atomic E-state index is -0.405. The molecule has 2 amide bonds. The Morgan fingerprint density at radius 3 is 2.23 bits per heavy atom. The second-order valence-corrected chi connectivity index (χ2v) is 7.85. The average molecular weight is 404 g/mol. The first kappa shape index (κ1) is 18.5. The lowest BCUT2D eigenvalue weighted by Crippen LogP contribution is -2.38. The molecule has 1 aromatic carbocycles. The molecule has 6 rings (SSSR count). The van der Waals surface area contributed by atoms with Crippen molar-refractivity contribution in [3.05, 3.63) is 59.9 Å². The Labute approximate surface area is 173 Å². The third-order valence-electron chi connectivity index (χ3n) is 6.25. The van der Waals surface area contributed by atoms with Crippen LogP contribution in [0.25, 0.3) is 11.3 Å². The maximum atomic E-state index is 12.8. The summed E-state index contributed by atoms with van der Waals surface area (Å²) in [4.78, 5) is 37.1. The van der Waals surface area contributed by atoms with Gasteiger partial charge >= 0.3 is 5.97 Å². The van der Waals surface area contributed by atoms with Crippen molar-refractivity contribution >= 4 is 24.0 Å². The highest BCUT2D eigenvalue weighted by Gasteiger charge is 2.56. The number of allylic oxidation sites excluding steroid dienone is 2. The number of furan rings is 1. The third kappa shape index (κ3) is 2.89. The summed E-state index contributed by atoms with van der Waals surface area (Å²) in [5.41, 5.74) is 1.23. The number of carbonyl (C=O) groups is 3. The largest absolute Gasteiger partial charge is 0.465 e. The van der Waals surface area contributed by atoms with E-state index in [2.05, 4.69) is 17.3 Å². The second kappa shape index (κ2) is 7.09. The Bertz CT molecular complexity index is 1050. The van der Waals surface area contributed by atoms with E-state index in [1.807, 2.05) is 0 Å². The zero-order valence-electron chi connectivity index (χ0n) is 16.4. The molecule has 2 aromatic rings. The Morgan fingerprint density at radius 2 is 1.67 bits per heavy atom. The Morgan fingerprint density at radius 1 is 1.03 bits per heavy atom. The number of methoxy groups -OCH3 is 1. The number of ether oxygens (including phenoxy) is 1. The van der Waals surface area contributed by atoms with Gasteiger partial charge in [-0.15, -0.1) is 0 Å². The van der Waals surface area contributed by atoms with Crippen molar-refractivity contribution in [3.63, 3.8) is 0 Å². The van der Waals surface area contributed by atoms with Crippen LogP contribution in [0.3, 0.4) is 0 Å². The Kier molecular flexibility index (Phi) is 4.38. The minimum absolute atomic E-state index is 0.139. The molecule has 30 heavy (non-hydrogen) atoms.